The van der Waals surface area contributed by atoms with Gasteiger partial charge in [-0.05, 0) is 42.0 Å². The number of nitrogens with one attached hydrogen (secondary N) is 1. The summed E-state index contributed by atoms with van der Waals surface area (Å²) in [5.74, 6) is 0.975. The number of aliphatic imine (C=N–C) groups is 1. The van der Waals surface area contributed by atoms with Crippen LogP contribution in [0.1, 0.15) is 54.9 Å². The molecule has 0 atom stereocenters. The normalized spacial score (nSPS) is 18.6. The molecule has 102 valence electrons. The zero-order chi connectivity index (χ0) is 14.1. The van der Waals surface area contributed by atoms with Gasteiger partial charge in [0.25, 0.3) is 0 Å². The lowest BCUT2D eigenvalue weighted by Gasteiger charge is -2.32. The van der Waals surface area contributed by atoms with E-state index in [1.54, 1.807) is 0 Å². The lowest BCUT2D eigenvalue weighted by atomic mass is 9.72. The van der Waals surface area contributed by atoms with Crippen molar-refractivity contribution >= 4 is 6.72 Å². The van der Waals surface area contributed by atoms with Gasteiger partial charge in [0.2, 0.25) is 0 Å². The van der Waals surface area contributed by atoms with E-state index in [0.29, 0.717) is 0 Å². The number of rotatable bonds is 2. The first-order chi connectivity index (χ1) is 8.09. The van der Waals surface area contributed by atoms with E-state index < -0.39 is 0 Å². The minimum Gasteiger partial charge on any atom is -0.370 e. The summed E-state index contributed by atoms with van der Waals surface area (Å²) in [5.41, 5.74) is 4.57. The summed E-state index contributed by atoms with van der Waals surface area (Å²) in [6.45, 7) is 20.6. The van der Waals surface area contributed by atoms with E-state index in [-0.39, 0.29) is 10.8 Å². The van der Waals surface area contributed by atoms with Crippen LogP contribution in [0.2, 0.25) is 0 Å². The predicted molar refractivity (Wildman–Crippen MR) is 80.8 cm³/mol. The lowest BCUT2D eigenvalue weighted by Crippen LogP contribution is -2.20. The monoisotopic (exact) mass is 248 g/mol. The fraction of sp³-hybridized carbons (Fsp3) is 0.688. The van der Waals surface area contributed by atoms with Crippen molar-refractivity contribution < 1.29 is 0 Å². The van der Waals surface area contributed by atoms with Crippen molar-refractivity contribution in [2.24, 2.45) is 15.8 Å². The van der Waals surface area contributed by atoms with Gasteiger partial charge < -0.3 is 5.32 Å². The van der Waals surface area contributed by atoms with Crippen molar-refractivity contribution in [2.45, 2.75) is 54.9 Å². The molecule has 0 saturated heterocycles. The molecular formula is C16H28N2. The van der Waals surface area contributed by atoms with Crippen molar-refractivity contribution in [2.75, 3.05) is 6.54 Å². The average molecular weight is 248 g/mol. The summed E-state index contributed by atoms with van der Waals surface area (Å²) in [7, 11) is 0. The van der Waals surface area contributed by atoms with Gasteiger partial charge in [-0.25, -0.2) is 4.99 Å². The third-order valence-corrected chi connectivity index (χ3v) is 3.66. The van der Waals surface area contributed by atoms with Crippen molar-refractivity contribution in [3.05, 3.63) is 22.5 Å². The summed E-state index contributed by atoms with van der Waals surface area (Å²) in [6, 6.07) is 0. The molecule has 1 rings (SSSR count). The number of hydrogen-bond donors (Lipinski definition) is 1. The molecule has 0 unspecified atom stereocenters. The molecule has 1 aliphatic rings. The highest BCUT2D eigenvalue weighted by molar-refractivity contribution is 5.46. The van der Waals surface area contributed by atoms with Crippen LogP contribution in [0.5, 0.6) is 0 Å². The molecule has 0 radical (unpaired) electrons. The second kappa shape index (κ2) is 4.91. The lowest BCUT2D eigenvalue weighted by molar-refractivity contribution is 0.448. The Hall–Kier alpha value is -1.05. The number of allylic oxidation sites excluding steroid dienone is 2. The zero-order valence-electron chi connectivity index (χ0n) is 13.1. The van der Waals surface area contributed by atoms with Crippen molar-refractivity contribution in [1.82, 2.24) is 5.32 Å². The Labute approximate surface area is 112 Å². The Morgan fingerprint density at radius 1 is 1.11 bits per heavy atom. The third-order valence-electron chi connectivity index (χ3n) is 3.66. The van der Waals surface area contributed by atoms with E-state index in [2.05, 4.69) is 65.5 Å². The van der Waals surface area contributed by atoms with Crippen molar-refractivity contribution in [3.8, 4) is 0 Å². The van der Waals surface area contributed by atoms with Crippen LogP contribution in [0.3, 0.4) is 0 Å². The Morgan fingerprint density at radius 2 is 1.67 bits per heavy atom. The van der Waals surface area contributed by atoms with Crippen molar-refractivity contribution in [1.29, 1.82) is 0 Å². The van der Waals surface area contributed by atoms with E-state index in [4.69, 9.17) is 0 Å². The zero-order valence-corrected chi connectivity index (χ0v) is 13.1. The Morgan fingerprint density at radius 3 is 2.06 bits per heavy atom. The minimum atomic E-state index is 0.134. The van der Waals surface area contributed by atoms with Gasteiger partial charge in [-0.1, -0.05) is 47.1 Å². The van der Waals surface area contributed by atoms with Crippen molar-refractivity contribution in [3.63, 3.8) is 0 Å². The molecule has 0 aliphatic carbocycles. The molecular weight excluding hydrogens is 220 g/mol. The molecule has 1 aliphatic heterocycles. The molecule has 0 amide bonds. The highest BCUT2D eigenvalue weighted by Gasteiger charge is 2.30. The molecule has 0 bridgehead atoms. The molecule has 0 fully saturated rings. The molecule has 0 spiro atoms. The summed E-state index contributed by atoms with van der Waals surface area (Å²) in [4.78, 5) is 4.15. The van der Waals surface area contributed by atoms with E-state index in [1.165, 1.54) is 16.7 Å². The average Bonchev–Trinajstić information content (AvgIpc) is 2.62. The van der Waals surface area contributed by atoms with E-state index in [9.17, 15) is 0 Å². The Kier molecular flexibility index (Phi) is 4.09. The standard InChI is InChI=1S/C16H28N2/c1-11(15(2,3)4)13(16(5,6)7)12-9-10-18-14(12)17-8/h18H,8-10H2,1-7H3/b13-11-. The maximum Gasteiger partial charge on any atom is 0.128 e. The largest absolute Gasteiger partial charge is 0.370 e. The summed E-state index contributed by atoms with van der Waals surface area (Å²) < 4.78 is 0. The Bertz CT molecular complexity index is 398. The third kappa shape index (κ3) is 3.04. The molecule has 0 saturated carbocycles. The van der Waals surface area contributed by atoms with Crippen LogP contribution < -0.4 is 5.32 Å². The fourth-order valence-corrected chi connectivity index (χ4v) is 2.54. The molecule has 0 aromatic rings. The van der Waals surface area contributed by atoms with Gasteiger partial charge in [-0.3, -0.25) is 0 Å². The maximum absolute atomic E-state index is 4.15. The quantitative estimate of drug-likeness (QED) is 0.724. The van der Waals surface area contributed by atoms with E-state index >= 15 is 0 Å². The molecule has 0 aromatic heterocycles. The highest BCUT2D eigenvalue weighted by atomic mass is 15.0. The van der Waals surface area contributed by atoms with Gasteiger partial charge in [0.1, 0.15) is 5.82 Å². The van der Waals surface area contributed by atoms with Crippen LogP contribution in [0.4, 0.5) is 0 Å². The summed E-state index contributed by atoms with van der Waals surface area (Å²) in [6.07, 6.45) is 1.05. The van der Waals surface area contributed by atoms with Crippen LogP contribution in [0.15, 0.2) is 27.5 Å². The van der Waals surface area contributed by atoms with Crippen LogP contribution in [0.25, 0.3) is 0 Å². The van der Waals surface area contributed by atoms with Gasteiger partial charge >= 0.3 is 0 Å². The van der Waals surface area contributed by atoms with E-state index in [0.717, 1.165) is 18.8 Å². The first-order valence-corrected chi connectivity index (χ1v) is 6.75. The van der Waals surface area contributed by atoms with Gasteiger partial charge in [0.15, 0.2) is 0 Å². The van der Waals surface area contributed by atoms with Gasteiger partial charge in [0, 0.05) is 6.54 Å². The van der Waals surface area contributed by atoms with Gasteiger partial charge in [-0.2, -0.15) is 0 Å². The fourth-order valence-electron chi connectivity index (χ4n) is 2.54. The first kappa shape index (κ1) is 15.0. The summed E-state index contributed by atoms with van der Waals surface area (Å²) in [5, 5.41) is 3.33. The highest BCUT2D eigenvalue weighted by Crippen LogP contribution is 2.42. The van der Waals surface area contributed by atoms with Gasteiger partial charge in [0.05, 0.1) is 0 Å². The smallest absolute Gasteiger partial charge is 0.128 e. The number of nitrogens with zero attached hydrogens (tertiary/aromatic N) is 1. The van der Waals surface area contributed by atoms with E-state index in [1.807, 2.05) is 0 Å². The second-order valence-corrected chi connectivity index (χ2v) is 7.16. The van der Waals surface area contributed by atoms with Crippen LogP contribution >= 0.6 is 0 Å². The minimum absolute atomic E-state index is 0.134. The first-order valence-electron chi connectivity index (χ1n) is 6.75. The number of hydrogen-bond acceptors (Lipinski definition) is 2. The van der Waals surface area contributed by atoms with Crippen LogP contribution in [-0.2, 0) is 0 Å². The van der Waals surface area contributed by atoms with Gasteiger partial charge in [-0.15, -0.1) is 0 Å². The molecule has 2 heteroatoms. The Balaban J connectivity index is 3.47. The molecule has 1 N–H and O–H groups in total. The SMILES string of the molecule is C=NC1=C(/C(=C(\C)C(C)(C)C)C(C)(C)C)CCN1. The second-order valence-electron chi connectivity index (χ2n) is 7.16. The van der Waals surface area contributed by atoms with Crippen LogP contribution in [0, 0.1) is 10.8 Å². The maximum atomic E-state index is 4.15. The topological polar surface area (TPSA) is 24.4 Å². The molecule has 0 aromatic carbocycles. The predicted octanol–water partition coefficient (Wildman–Crippen LogP) is 4.30. The van der Waals surface area contributed by atoms with Crippen LogP contribution in [-0.4, -0.2) is 13.3 Å². The molecule has 18 heavy (non-hydrogen) atoms. The molecule has 1 heterocycles. The molecule has 2 nitrogen and oxygen atoms in total. The summed E-state index contributed by atoms with van der Waals surface area (Å²) >= 11 is 0.